The molecule has 0 bridgehead atoms. The summed E-state index contributed by atoms with van der Waals surface area (Å²) < 4.78 is 5.76. The van der Waals surface area contributed by atoms with Crippen LogP contribution in [0.25, 0.3) is 0 Å². The Morgan fingerprint density at radius 3 is 2.38 bits per heavy atom. The van der Waals surface area contributed by atoms with Crippen LogP contribution < -0.4 is 10.5 Å². The first-order chi connectivity index (χ1) is 7.49. The molecule has 1 heterocycles. The number of hydrogen-bond donors (Lipinski definition) is 1. The maximum atomic E-state index is 5.76. The molecule has 0 amide bonds. The van der Waals surface area contributed by atoms with Gasteiger partial charge < -0.3 is 10.5 Å². The van der Waals surface area contributed by atoms with Gasteiger partial charge in [0.2, 0.25) is 0 Å². The lowest BCUT2D eigenvalue weighted by Gasteiger charge is -2.16. The van der Waals surface area contributed by atoms with E-state index in [0.717, 1.165) is 17.9 Å². The summed E-state index contributed by atoms with van der Waals surface area (Å²) in [4.78, 5) is 4.26. The highest BCUT2D eigenvalue weighted by Gasteiger charge is 2.07. The van der Waals surface area contributed by atoms with Crippen molar-refractivity contribution in [2.75, 3.05) is 0 Å². The summed E-state index contributed by atoms with van der Waals surface area (Å²) in [6.07, 6.45) is 3.02. The molecule has 0 aromatic carbocycles. The van der Waals surface area contributed by atoms with Crippen molar-refractivity contribution in [2.45, 2.75) is 46.3 Å². The third kappa shape index (κ3) is 4.19. The van der Waals surface area contributed by atoms with Gasteiger partial charge in [0.15, 0.2) is 0 Å². The van der Waals surface area contributed by atoms with E-state index in [4.69, 9.17) is 10.5 Å². The van der Waals surface area contributed by atoms with Crippen molar-refractivity contribution >= 4 is 0 Å². The summed E-state index contributed by atoms with van der Waals surface area (Å²) in [5, 5.41) is 0. The van der Waals surface area contributed by atoms with E-state index in [0.29, 0.717) is 5.92 Å². The van der Waals surface area contributed by atoms with Crippen molar-refractivity contribution < 1.29 is 4.74 Å². The topological polar surface area (TPSA) is 48.1 Å². The number of nitrogens with two attached hydrogens (primary N) is 1. The second kappa shape index (κ2) is 5.85. The molecule has 0 aliphatic rings. The van der Waals surface area contributed by atoms with Gasteiger partial charge in [0.05, 0.1) is 18.0 Å². The Morgan fingerprint density at radius 2 is 1.94 bits per heavy atom. The smallest absolute Gasteiger partial charge is 0.138 e. The number of rotatable bonds is 5. The highest BCUT2D eigenvalue weighted by molar-refractivity contribution is 5.21. The molecule has 0 saturated carbocycles. The SMILES string of the molecule is CC(C)CC(C)Oc1ccc([C@H](C)N)nc1. The molecule has 1 aromatic heterocycles. The van der Waals surface area contributed by atoms with E-state index in [1.54, 1.807) is 6.20 Å². The number of ether oxygens (including phenoxy) is 1. The molecule has 3 heteroatoms. The van der Waals surface area contributed by atoms with Crippen LogP contribution in [0.4, 0.5) is 0 Å². The van der Waals surface area contributed by atoms with E-state index in [1.165, 1.54) is 0 Å². The first kappa shape index (κ1) is 13.0. The highest BCUT2D eigenvalue weighted by atomic mass is 16.5. The third-order valence-corrected chi connectivity index (χ3v) is 2.37. The lowest BCUT2D eigenvalue weighted by Crippen LogP contribution is -2.15. The van der Waals surface area contributed by atoms with E-state index >= 15 is 0 Å². The molecule has 0 aliphatic heterocycles. The Balaban J connectivity index is 2.55. The summed E-state index contributed by atoms with van der Waals surface area (Å²) in [6.45, 7) is 8.39. The van der Waals surface area contributed by atoms with E-state index < -0.39 is 0 Å². The zero-order valence-corrected chi connectivity index (χ0v) is 10.6. The molecule has 1 rings (SSSR count). The summed E-state index contributed by atoms with van der Waals surface area (Å²) >= 11 is 0. The Hall–Kier alpha value is -1.09. The minimum absolute atomic E-state index is 0.0258. The lowest BCUT2D eigenvalue weighted by molar-refractivity contribution is 0.192. The van der Waals surface area contributed by atoms with Crippen molar-refractivity contribution in [3.05, 3.63) is 24.0 Å². The van der Waals surface area contributed by atoms with E-state index in [9.17, 15) is 0 Å². The van der Waals surface area contributed by atoms with Gasteiger partial charge in [-0.2, -0.15) is 0 Å². The quantitative estimate of drug-likeness (QED) is 0.833. The maximum absolute atomic E-state index is 5.76. The molecule has 0 spiro atoms. The van der Waals surface area contributed by atoms with Crippen LogP contribution in [-0.4, -0.2) is 11.1 Å². The standard InChI is InChI=1S/C13H22N2O/c1-9(2)7-10(3)16-12-5-6-13(11(4)14)15-8-12/h5-6,8-11H,7,14H2,1-4H3/t10?,11-/m0/s1. The van der Waals surface area contributed by atoms with Gasteiger partial charge in [0.25, 0.3) is 0 Å². The summed E-state index contributed by atoms with van der Waals surface area (Å²) in [6, 6.07) is 3.83. The predicted molar refractivity (Wildman–Crippen MR) is 66.4 cm³/mol. The second-order valence-corrected chi connectivity index (χ2v) is 4.77. The van der Waals surface area contributed by atoms with Crippen LogP contribution in [-0.2, 0) is 0 Å². The number of nitrogens with zero attached hydrogens (tertiary/aromatic N) is 1. The van der Waals surface area contributed by atoms with Gasteiger partial charge in [-0.15, -0.1) is 0 Å². The molecule has 0 aliphatic carbocycles. The first-order valence-electron chi connectivity index (χ1n) is 5.87. The molecule has 2 N–H and O–H groups in total. The molecule has 3 nitrogen and oxygen atoms in total. The number of aromatic nitrogens is 1. The van der Waals surface area contributed by atoms with Crippen LogP contribution in [0.1, 0.15) is 45.9 Å². The normalized spacial score (nSPS) is 14.9. The van der Waals surface area contributed by atoms with Gasteiger partial charge in [-0.1, -0.05) is 13.8 Å². The minimum Gasteiger partial charge on any atom is -0.489 e. The molecule has 1 aromatic rings. The van der Waals surface area contributed by atoms with Crippen molar-refractivity contribution in [3.63, 3.8) is 0 Å². The predicted octanol–water partition coefficient (Wildman–Crippen LogP) is 2.91. The fourth-order valence-corrected chi connectivity index (χ4v) is 1.68. The van der Waals surface area contributed by atoms with Crippen LogP contribution >= 0.6 is 0 Å². The Bertz CT molecular complexity index is 306. The molecule has 2 atom stereocenters. The molecular weight excluding hydrogens is 200 g/mol. The molecule has 0 fully saturated rings. The molecule has 16 heavy (non-hydrogen) atoms. The maximum Gasteiger partial charge on any atom is 0.138 e. The van der Waals surface area contributed by atoms with Crippen molar-refractivity contribution in [3.8, 4) is 5.75 Å². The van der Waals surface area contributed by atoms with Crippen LogP contribution in [0.2, 0.25) is 0 Å². The zero-order valence-electron chi connectivity index (χ0n) is 10.6. The average molecular weight is 222 g/mol. The second-order valence-electron chi connectivity index (χ2n) is 4.77. The van der Waals surface area contributed by atoms with Crippen LogP contribution in [0.5, 0.6) is 5.75 Å². The Labute approximate surface area is 98.0 Å². The summed E-state index contributed by atoms with van der Waals surface area (Å²) in [5.41, 5.74) is 6.62. The van der Waals surface area contributed by atoms with E-state index in [-0.39, 0.29) is 12.1 Å². The molecule has 0 radical (unpaired) electrons. The van der Waals surface area contributed by atoms with Gasteiger partial charge >= 0.3 is 0 Å². The van der Waals surface area contributed by atoms with Crippen molar-refractivity contribution in [1.29, 1.82) is 0 Å². The van der Waals surface area contributed by atoms with Crippen LogP contribution in [0, 0.1) is 5.92 Å². The number of pyridine rings is 1. The van der Waals surface area contributed by atoms with Crippen molar-refractivity contribution in [1.82, 2.24) is 4.98 Å². The van der Waals surface area contributed by atoms with E-state index in [2.05, 4.69) is 25.8 Å². The fraction of sp³-hybridized carbons (Fsp3) is 0.615. The molecule has 1 unspecified atom stereocenters. The lowest BCUT2D eigenvalue weighted by atomic mass is 10.1. The van der Waals surface area contributed by atoms with Crippen LogP contribution in [0.15, 0.2) is 18.3 Å². The monoisotopic (exact) mass is 222 g/mol. The highest BCUT2D eigenvalue weighted by Crippen LogP contribution is 2.16. The van der Waals surface area contributed by atoms with Gasteiger partial charge in [0, 0.05) is 6.04 Å². The van der Waals surface area contributed by atoms with Crippen molar-refractivity contribution in [2.24, 2.45) is 11.7 Å². The zero-order chi connectivity index (χ0) is 12.1. The average Bonchev–Trinajstić information content (AvgIpc) is 2.16. The van der Waals surface area contributed by atoms with Gasteiger partial charge in [-0.3, -0.25) is 4.98 Å². The molecule has 90 valence electrons. The Kier molecular flexibility index (Phi) is 4.74. The minimum atomic E-state index is -0.0258. The Morgan fingerprint density at radius 1 is 1.25 bits per heavy atom. The van der Waals surface area contributed by atoms with Gasteiger partial charge in [-0.05, 0) is 38.3 Å². The van der Waals surface area contributed by atoms with Crippen LogP contribution in [0.3, 0.4) is 0 Å². The molecule has 0 saturated heterocycles. The molecular formula is C13H22N2O. The first-order valence-corrected chi connectivity index (χ1v) is 5.87. The largest absolute Gasteiger partial charge is 0.489 e. The third-order valence-electron chi connectivity index (χ3n) is 2.37. The van der Waals surface area contributed by atoms with Gasteiger partial charge in [0.1, 0.15) is 5.75 Å². The summed E-state index contributed by atoms with van der Waals surface area (Å²) in [7, 11) is 0. The van der Waals surface area contributed by atoms with E-state index in [1.807, 2.05) is 19.1 Å². The summed E-state index contributed by atoms with van der Waals surface area (Å²) in [5.74, 6) is 1.46. The van der Waals surface area contributed by atoms with Gasteiger partial charge in [-0.25, -0.2) is 0 Å². The fourth-order valence-electron chi connectivity index (χ4n) is 1.68. The number of hydrogen-bond acceptors (Lipinski definition) is 3.